The van der Waals surface area contributed by atoms with Crippen molar-refractivity contribution >= 4 is 23.3 Å². The fourth-order valence-corrected chi connectivity index (χ4v) is 3.58. The first kappa shape index (κ1) is 18.4. The molecule has 1 fully saturated rings. The van der Waals surface area contributed by atoms with Gasteiger partial charge in [-0.3, -0.25) is 9.59 Å². The lowest BCUT2D eigenvalue weighted by atomic mass is 10.1. The van der Waals surface area contributed by atoms with Crippen LogP contribution in [-0.4, -0.2) is 38.9 Å². The SMILES string of the molecule is O=C(NCCc1ccccc1)C(c1ccco1)N(C(=O)c1csnn1)C1CC1. The first-order valence-electron chi connectivity index (χ1n) is 9.19. The van der Waals surface area contributed by atoms with Crippen LogP contribution < -0.4 is 5.32 Å². The Morgan fingerprint density at radius 2 is 2.04 bits per heavy atom. The molecular formula is C20H20N4O3S. The summed E-state index contributed by atoms with van der Waals surface area (Å²) < 4.78 is 9.30. The molecule has 0 bridgehead atoms. The van der Waals surface area contributed by atoms with E-state index >= 15 is 0 Å². The minimum Gasteiger partial charge on any atom is -0.467 e. The number of benzene rings is 1. The number of carbonyl (C=O) groups is 2. The van der Waals surface area contributed by atoms with Crippen LogP contribution in [-0.2, 0) is 11.2 Å². The number of nitrogens with zero attached hydrogens (tertiary/aromatic N) is 3. The third-order valence-electron chi connectivity index (χ3n) is 4.65. The van der Waals surface area contributed by atoms with Gasteiger partial charge in [-0.25, -0.2) is 0 Å². The first-order valence-corrected chi connectivity index (χ1v) is 10.0. The van der Waals surface area contributed by atoms with Crippen LogP contribution in [0.1, 0.15) is 40.7 Å². The lowest BCUT2D eigenvalue weighted by Gasteiger charge is -2.29. The number of hydrogen-bond donors (Lipinski definition) is 1. The Hall–Kier alpha value is -3.00. The molecular weight excluding hydrogens is 376 g/mol. The monoisotopic (exact) mass is 396 g/mol. The quantitative estimate of drug-likeness (QED) is 0.633. The van der Waals surface area contributed by atoms with Gasteiger partial charge in [0, 0.05) is 18.0 Å². The van der Waals surface area contributed by atoms with Gasteiger partial charge in [-0.2, -0.15) is 0 Å². The van der Waals surface area contributed by atoms with Gasteiger partial charge >= 0.3 is 0 Å². The molecule has 1 saturated carbocycles. The zero-order valence-electron chi connectivity index (χ0n) is 15.2. The fourth-order valence-electron chi connectivity index (χ4n) is 3.15. The van der Waals surface area contributed by atoms with Crippen LogP contribution >= 0.6 is 11.5 Å². The van der Waals surface area contributed by atoms with Crippen LogP contribution in [0.15, 0.2) is 58.5 Å². The number of aromatic nitrogens is 2. The first-order chi connectivity index (χ1) is 13.7. The van der Waals surface area contributed by atoms with Crippen molar-refractivity contribution in [3.8, 4) is 0 Å². The van der Waals surface area contributed by atoms with Gasteiger partial charge in [0.25, 0.3) is 11.8 Å². The van der Waals surface area contributed by atoms with E-state index in [0.717, 1.165) is 29.9 Å². The highest BCUT2D eigenvalue weighted by molar-refractivity contribution is 7.03. The van der Waals surface area contributed by atoms with Crippen LogP contribution in [0.25, 0.3) is 0 Å². The molecule has 0 saturated heterocycles. The van der Waals surface area contributed by atoms with E-state index in [4.69, 9.17) is 4.42 Å². The minimum absolute atomic E-state index is 0.00386. The van der Waals surface area contributed by atoms with Crippen molar-refractivity contribution < 1.29 is 14.0 Å². The van der Waals surface area contributed by atoms with E-state index < -0.39 is 6.04 Å². The molecule has 1 aromatic carbocycles. The molecule has 3 aromatic rings. The molecule has 2 amide bonds. The summed E-state index contributed by atoms with van der Waals surface area (Å²) in [4.78, 5) is 27.7. The maximum Gasteiger partial charge on any atom is 0.276 e. The number of carbonyl (C=O) groups excluding carboxylic acids is 2. The molecule has 2 heterocycles. The summed E-state index contributed by atoms with van der Waals surface area (Å²) in [5, 5.41) is 8.45. The molecule has 4 rings (SSSR count). The predicted molar refractivity (Wildman–Crippen MR) is 104 cm³/mol. The number of hydrogen-bond acceptors (Lipinski definition) is 6. The van der Waals surface area contributed by atoms with Crippen molar-refractivity contribution in [1.29, 1.82) is 0 Å². The minimum atomic E-state index is -0.826. The van der Waals surface area contributed by atoms with Gasteiger partial charge in [0.1, 0.15) is 5.76 Å². The molecule has 0 radical (unpaired) electrons. The van der Waals surface area contributed by atoms with Gasteiger partial charge in [0.05, 0.1) is 6.26 Å². The summed E-state index contributed by atoms with van der Waals surface area (Å²) in [5.41, 5.74) is 1.39. The van der Waals surface area contributed by atoms with E-state index in [1.54, 1.807) is 22.4 Å². The van der Waals surface area contributed by atoms with Crippen LogP contribution in [0.4, 0.5) is 0 Å². The zero-order valence-corrected chi connectivity index (χ0v) is 16.0. The lowest BCUT2D eigenvalue weighted by molar-refractivity contribution is -0.126. The van der Waals surface area contributed by atoms with Gasteiger partial charge < -0.3 is 14.6 Å². The third-order valence-corrected chi connectivity index (χ3v) is 5.15. The van der Waals surface area contributed by atoms with E-state index in [-0.39, 0.29) is 23.6 Å². The highest BCUT2D eigenvalue weighted by Crippen LogP contribution is 2.36. The normalized spacial score (nSPS) is 14.4. The van der Waals surface area contributed by atoms with Crippen LogP contribution in [0.5, 0.6) is 0 Å². The smallest absolute Gasteiger partial charge is 0.276 e. The molecule has 8 heteroatoms. The molecule has 2 aromatic heterocycles. The van der Waals surface area contributed by atoms with E-state index in [9.17, 15) is 9.59 Å². The maximum absolute atomic E-state index is 13.1. The number of furan rings is 1. The van der Waals surface area contributed by atoms with Crippen LogP contribution in [0.2, 0.25) is 0 Å². The molecule has 28 heavy (non-hydrogen) atoms. The molecule has 1 N–H and O–H groups in total. The summed E-state index contributed by atoms with van der Waals surface area (Å²) in [6.07, 6.45) is 3.94. The highest BCUT2D eigenvalue weighted by Gasteiger charge is 2.43. The van der Waals surface area contributed by atoms with Gasteiger partial charge in [-0.1, -0.05) is 34.8 Å². The molecule has 1 aliphatic rings. The van der Waals surface area contributed by atoms with E-state index in [0.29, 0.717) is 18.7 Å². The van der Waals surface area contributed by atoms with Gasteiger partial charge in [0.15, 0.2) is 11.7 Å². The number of amides is 2. The lowest BCUT2D eigenvalue weighted by Crippen LogP contribution is -2.45. The largest absolute Gasteiger partial charge is 0.467 e. The van der Waals surface area contributed by atoms with Gasteiger partial charge in [-0.15, -0.1) is 5.10 Å². The summed E-state index contributed by atoms with van der Waals surface area (Å²) in [6.45, 7) is 0.477. The van der Waals surface area contributed by atoms with E-state index in [2.05, 4.69) is 14.9 Å². The van der Waals surface area contributed by atoms with Crippen molar-refractivity contribution in [3.63, 3.8) is 0 Å². The second kappa shape index (κ2) is 8.35. The Kier molecular flexibility index (Phi) is 5.48. The average Bonchev–Trinajstić information content (AvgIpc) is 3.18. The maximum atomic E-state index is 13.1. The second-order valence-electron chi connectivity index (χ2n) is 6.68. The predicted octanol–water partition coefficient (Wildman–Crippen LogP) is 2.84. The van der Waals surface area contributed by atoms with E-state index in [1.165, 1.54) is 6.26 Å². The van der Waals surface area contributed by atoms with Crippen molar-refractivity contribution in [3.05, 3.63) is 71.1 Å². The van der Waals surface area contributed by atoms with E-state index in [1.807, 2.05) is 30.3 Å². The van der Waals surface area contributed by atoms with Gasteiger partial charge in [0.2, 0.25) is 0 Å². The zero-order chi connectivity index (χ0) is 19.3. The molecule has 0 aliphatic heterocycles. The van der Waals surface area contributed by atoms with Crippen molar-refractivity contribution in [1.82, 2.24) is 19.8 Å². The van der Waals surface area contributed by atoms with Crippen molar-refractivity contribution in [2.75, 3.05) is 6.54 Å². The van der Waals surface area contributed by atoms with Crippen molar-refractivity contribution in [2.24, 2.45) is 0 Å². The highest BCUT2D eigenvalue weighted by atomic mass is 32.1. The Balaban J connectivity index is 1.52. The second-order valence-corrected chi connectivity index (χ2v) is 7.29. The number of nitrogens with one attached hydrogen (secondary N) is 1. The summed E-state index contributed by atoms with van der Waals surface area (Å²) >= 11 is 1.11. The van der Waals surface area contributed by atoms with Gasteiger partial charge in [-0.05, 0) is 48.5 Å². The third kappa shape index (κ3) is 4.12. The molecule has 1 aliphatic carbocycles. The van der Waals surface area contributed by atoms with Crippen molar-refractivity contribution in [2.45, 2.75) is 31.3 Å². The molecule has 144 valence electrons. The fraction of sp³-hybridized carbons (Fsp3) is 0.300. The summed E-state index contributed by atoms with van der Waals surface area (Å²) in [7, 11) is 0. The Morgan fingerprint density at radius 1 is 1.21 bits per heavy atom. The summed E-state index contributed by atoms with van der Waals surface area (Å²) in [5.74, 6) is -0.106. The summed E-state index contributed by atoms with van der Waals surface area (Å²) in [6, 6.07) is 12.6. The average molecular weight is 396 g/mol. The standard InChI is InChI=1S/C20H20N4O3S/c25-19(21-11-10-14-5-2-1-3-6-14)18(17-7-4-12-27-17)24(15-8-9-15)20(26)16-13-28-23-22-16/h1-7,12-13,15,18H,8-11H2,(H,21,25). The molecule has 1 atom stereocenters. The van der Waals surface area contributed by atoms with Crippen LogP contribution in [0, 0.1) is 0 Å². The molecule has 7 nitrogen and oxygen atoms in total. The molecule has 1 unspecified atom stereocenters. The Bertz CT molecular complexity index is 908. The topological polar surface area (TPSA) is 88.3 Å². The Labute approximate surface area is 166 Å². The Morgan fingerprint density at radius 3 is 2.68 bits per heavy atom. The molecule has 0 spiro atoms. The number of rotatable bonds is 8. The van der Waals surface area contributed by atoms with Crippen LogP contribution in [0.3, 0.4) is 0 Å².